The molecule has 7 nitrogen and oxygen atoms in total. The first kappa shape index (κ1) is 12.5. The number of carbonyl (C=O) groups excluding carboxylic acids is 2. The maximum Gasteiger partial charge on any atom is 0.245 e. The van der Waals surface area contributed by atoms with Gasteiger partial charge in [-0.1, -0.05) is 12.1 Å². The molecule has 1 aliphatic heterocycles. The fourth-order valence-electron chi connectivity index (χ4n) is 1.99. The second-order valence-corrected chi connectivity index (χ2v) is 4.42. The highest BCUT2D eigenvalue weighted by molar-refractivity contribution is 5.89. The molecule has 2 rings (SSSR count). The molecule has 1 saturated heterocycles. The molecule has 2 amide bonds. The molecule has 1 fully saturated rings. The minimum atomic E-state index is -0.420. The van der Waals surface area contributed by atoms with Crippen molar-refractivity contribution in [1.29, 1.82) is 0 Å². The number of aromatic nitrogens is 3. The minimum absolute atomic E-state index is 0.0472. The second-order valence-electron chi connectivity index (χ2n) is 4.42. The fourth-order valence-corrected chi connectivity index (χ4v) is 1.99. The predicted octanol–water partition coefficient (Wildman–Crippen LogP) is -0.558. The number of hydrogen-bond donors (Lipinski definition) is 1. The molecule has 1 atom stereocenters. The van der Waals surface area contributed by atoms with Crippen LogP contribution in [0.25, 0.3) is 0 Å². The van der Waals surface area contributed by atoms with Crippen LogP contribution in [-0.4, -0.2) is 44.3 Å². The van der Waals surface area contributed by atoms with Gasteiger partial charge in [-0.05, 0) is 6.42 Å². The zero-order valence-corrected chi connectivity index (χ0v) is 10.6. The zero-order valence-electron chi connectivity index (χ0n) is 10.6. The smallest absolute Gasteiger partial charge is 0.245 e. The van der Waals surface area contributed by atoms with Gasteiger partial charge in [0.05, 0.1) is 6.54 Å². The van der Waals surface area contributed by atoms with Crippen LogP contribution in [0.4, 0.5) is 0 Å². The van der Waals surface area contributed by atoms with E-state index in [0.29, 0.717) is 25.9 Å². The lowest BCUT2D eigenvalue weighted by Gasteiger charge is -2.22. The summed E-state index contributed by atoms with van der Waals surface area (Å²) < 4.78 is 1.60. The van der Waals surface area contributed by atoms with Gasteiger partial charge in [-0.2, -0.15) is 0 Å². The van der Waals surface area contributed by atoms with Crippen LogP contribution in [0, 0.1) is 0 Å². The summed E-state index contributed by atoms with van der Waals surface area (Å²) in [6, 6.07) is -0.420. The van der Waals surface area contributed by atoms with Crippen LogP contribution < -0.4 is 5.32 Å². The Kier molecular flexibility index (Phi) is 3.59. The van der Waals surface area contributed by atoms with E-state index in [1.165, 1.54) is 0 Å². The van der Waals surface area contributed by atoms with Gasteiger partial charge in [0.25, 0.3) is 0 Å². The fraction of sp³-hybridized carbons (Fsp3) is 0.636. The molecule has 0 spiro atoms. The Morgan fingerprint density at radius 3 is 2.89 bits per heavy atom. The monoisotopic (exact) mass is 251 g/mol. The molecule has 0 bridgehead atoms. The molecule has 1 aromatic heterocycles. The first-order valence-corrected chi connectivity index (χ1v) is 6.03. The van der Waals surface area contributed by atoms with Crippen LogP contribution in [0.1, 0.15) is 25.5 Å². The molecule has 1 aliphatic rings. The molecule has 0 aliphatic carbocycles. The molecular formula is C11H17N5O2. The van der Waals surface area contributed by atoms with Crippen molar-refractivity contribution >= 4 is 11.8 Å². The van der Waals surface area contributed by atoms with E-state index in [1.807, 2.05) is 6.92 Å². The molecule has 0 saturated carbocycles. The van der Waals surface area contributed by atoms with E-state index in [1.54, 1.807) is 22.8 Å². The summed E-state index contributed by atoms with van der Waals surface area (Å²) in [4.78, 5) is 25.3. The van der Waals surface area contributed by atoms with Gasteiger partial charge in [-0.3, -0.25) is 14.3 Å². The largest absolute Gasteiger partial charge is 0.344 e. The van der Waals surface area contributed by atoms with Crippen LogP contribution >= 0.6 is 0 Å². The number of rotatable bonds is 3. The SMILES string of the molecule is CCC1NC(=O)CCN(Cc2cn(C)nn2)C1=O. The topological polar surface area (TPSA) is 80.1 Å². The Morgan fingerprint density at radius 1 is 1.50 bits per heavy atom. The van der Waals surface area contributed by atoms with E-state index in [0.717, 1.165) is 5.69 Å². The van der Waals surface area contributed by atoms with Gasteiger partial charge < -0.3 is 10.2 Å². The van der Waals surface area contributed by atoms with E-state index >= 15 is 0 Å². The van der Waals surface area contributed by atoms with E-state index in [9.17, 15) is 9.59 Å². The number of amides is 2. The third-order valence-corrected chi connectivity index (χ3v) is 2.96. The van der Waals surface area contributed by atoms with Crippen LogP contribution in [0.2, 0.25) is 0 Å². The standard InChI is InChI=1S/C11H17N5O2/c1-3-9-11(18)16(5-4-10(17)12-9)7-8-6-15(2)14-13-8/h6,9H,3-5,7H2,1-2H3,(H,12,17). The van der Waals surface area contributed by atoms with Gasteiger partial charge in [-0.15, -0.1) is 5.10 Å². The van der Waals surface area contributed by atoms with Crippen molar-refractivity contribution in [3.63, 3.8) is 0 Å². The van der Waals surface area contributed by atoms with Gasteiger partial charge in [-0.25, -0.2) is 0 Å². The van der Waals surface area contributed by atoms with Crippen molar-refractivity contribution < 1.29 is 9.59 Å². The van der Waals surface area contributed by atoms with Crippen LogP contribution in [-0.2, 0) is 23.2 Å². The zero-order chi connectivity index (χ0) is 13.1. The molecule has 0 radical (unpaired) electrons. The number of nitrogens with zero attached hydrogens (tertiary/aromatic N) is 4. The van der Waals surface area contributed by atoms with Gasteiger partial charge in [0, 0.05) is 26.2 Å². The summed E-state index contributed by atoms with van der Waals surface area (Å²) >= 11 is 0. The average Bonchev–Trinajstić information content (AvgIpc) is 2.70. The Bertz CT molecular complexity index is 456. The summed E-state index contributed by atoms with van der Waals surface area (Å²) in [5.74, 6) is -0.120. The summed E-state index contributed by atoms with van der Waals surface area (Å²) in [7, 11) is 1.78. The number of nitrogens with one attached hydrogen (secondary N) is 1. The normalized spacial score (nSPS) is 20.8. The third-order valence-electron chi connectivity index (χ3n) is 2.96. The van der Waals surface area contributed by atoms with Crippen LogP contribution in [0.15, 0.2) is 6.20 Å². The quantitative estimate of drug-likeness (QED) is 0.781. The van der Waals surface area contributed by atoms with Crippen molar-refractivity contribution in [3.8, 4) is 0 Å². The number of carbonyl (C=O) groups is 2. The van der Waals surface area contributed by atoms with Crippen molar-refractivity contribution in [1.82, 2.24) is 25.2 Å². The van der Waals surface area contributed by atoms with Gasteiger partial charge >= 0.3 is 0 Å². The van der Waals surface area contributed by atoms with Crippen molar-refractivity contribution in [2.75, 3.05) is 6.54 Å². The molecule has 0 aromatic carbocycles. The van der Waals surface area contributed by atoms with E-state index in [2.05, 4.69) is 15.6 Å². The Labute approximate surface area is 105 Å². The average molecular weight is 251 g/mol. The molecular weight excluding hydrogens is 234 g/mol. The number of aryl methyl sites for hydroxylation is 1. The minimum Gasteiger partial charge on any atom is -0.344 e. The third kappa shape index (κ3) is 2.66. The van der Waals surface area contributed by atoms with Crippen molar-refractivity contribution in [2.45, 2.75) is 32.4 Å². The molecule has 7 heteroatoms. The summed E-state index contributed by atoms with van der Waals surface area (Å²) in [5.41, 5.74) is 0.732. The van der Waals surface area contributed by atoms with Crippen LogP contribution in [0.5, 0.6) is 0 Å². The first-order valence-electron chi connectivity index (χ1n) is 6.03. The number of hydrogen-bond acceptors (Lipinski definition) is 4. The lowest BCUT2D eigenvalue weighted by atomic mass is 10.2. The van der Waals surface area contributed by atoms with Crippen LogP contribution in [0.3, 0.4) is 0 Å². The van der Waals surface area contributed by atoms with Gasteiger partial charge in [0.2, 0.25) is 11.8 Å². The highest BCUT2D eigenvalue weighted by Gasteiger charge is 2.28. The molecule has 1 N–H and O–H groups in total. The summed E-state index contributed by atoms with van der Waals surface area (Å²) in [6.07, 6.45) is 2.71. The molecule has 1 unspecified atom stereocenters. The molecule has 1 aromatic rings. The van der Waals surface area contributed by atoms with Crippen molar-refractivity contribution in [3.05, 3.63) is 11.9 Å². The molecule has 2 heterocycles. The highest BCUT2D eigenvalue weighted by Crippen LogP contribution is 2.09. The summed E-state index contributed by atoms with van der Waals surface area (Å²) in [5, 5.41) is 10.5. The Morgan fingerprint density at radius 2 is 2.28 bits per heavy atom. The summed E-state index contributed by atoms with van der Waals surface area (Å²) in [6.45, 7) is 2.71. The van der Waals surface area contributed by atoms with Gasteiger partial charge in [0.15, 0.2) is 0 Å². The Hall–Kier alpha value is -1.92. The van der Waals surface area contributed by atoms with Crippen molar-refractivity contribution in [2.24, 2.45) is 7.05 Å². The molecule has 98 valence electrons. The lowest BCUT2D eigenvalue weighted by molar-refractivity contribution is -0.134. The first-order chi connectivity index (χ1) is 8.60. The highest BCUT2D eigenvalue weighted by atomic mass is 16.2. The lowest BCUT2D eigenvalue weighted by Crippen LogP contribution is -2.43. The maximum atomic E-state index is 12.2. The predicted molar refractivity (Wildman–Crippen MR) is 63.3 cm³/mol. The van der Waals surface area contributed by atoms with E-state index in [-0.39, 0.29) is 11.8 Å². The Balaban J connectivity index is 2.10. The van der Waals surface area contributed by atoms with E-state index in [4.69, 9.17) is 0 Å². The van der Waals surface area contributed by atoms with E-state index < -0.39 is 6.04 Å². The second kappa shape index (κ2) is 5.16. The maximum absolute atomic E-state index is 12.2. The molecule has 18 heavy (non-hydrogen) atoms. The van der Waals surface area contributed by atoms with Gasteiger partial charge in [0.1, 0.15) is 11.7 Å².